The summed E-state index contributed by atoms with van der Waals surface area (Å²) in [6.45, 7) is 1.88. The molecule has 0 fully saturated rings. The smallest absolute Gasteiger partial charge is 0.338 e. The Kier molecular flexibility index (Phi) is 6.55. The normalized spacial score (nSPS) is 10.6. The van der Waals surface area contributed by atoms with E-state index in [1.807, 2.05) is 60.7 Å². The van der Waals surface area contributed by atoms with Crippen LogP contribution in [0.15, 0.2) is 94.3 Å². The molecular formula is C27H22O6. The lowest BCUT2D eigenvalue weighted by Crippen LogP contribution is -2.09. The van der Waals surface area contributed by atoms with E-state index in [1.165, 1.54) is 24.5 Å². The Hall–Kier alpha value is -4.32. The quantitative estimate of drug-likeness (QED) is 0.393. The van der Waals surface area contributed by atoms with Gasteiger partial charge in [0.15, 0.2) is 5.76 Å². The Bertz CT molecular complexity index is 1310. The molecule has 33 heavy (non-hydrogen) atoms. The van der Waals surface area contributed by atoms with Crippen molar-refractivity contribution in [2.24, 2.45) is 0 Å². The second-order valence-electron chi connectivity index (χ2n) is 7.41. The number of hydrogen-bond acceptors (Lipinski definition) is 6. The average molecular weight is 442 g/mol. The highest BCUT2D eigenvalue weighted by Crippen LogP contribution is 2.37. The summed E-state index contributed by atoms with van der Waals surface area (Å²) in [5, 5.41) is 10.8. The van der Waals surface area contributed by atoms with Crippen molar-refractivity contribution in [3.05, 3.63) is 118 Å². The Labute approximate surface area is 190 Å². The first-order valence-electron chi connectivity index (χ1n) is 10.4. The van der Waals surface area contributed by atoms with Crippen molar-refractivity contribution in [1.29, 1.82) is 0 Å². The predicted molar refractivity (Wildman–Crippen MR) is 123 cm³/mol. The highest BCUT2D eigenvalue weighted by Gasteiger charge is 2.22. The van der Waals surface area contributed by atoms with Gasteiger partial charge in [0.2, 0.25) is 11.2 Å². The van der Waals surface area contributed by atoms with Gasteiger partial charge in [-0.2, -0.15) is 0 Å². The van der Waals surface area contributed by atoms with Crippen LogP contribution in [0.25, 0.3) is 11.3 Å². The van der Waals surface area contributed by atoms with E-state index in [0.717, 1.165) is 11.1 Å². The van der Waals surface area contributed by atoms with E-state index in [0.29, 0.717) is 5.56 Å². The number of ether oxygens (including phenoxy) is 2. The van der Waals surface area contributed by atoms with Gasteiger partial charge in [-0.15, -0.1) is 0 Å². The molecule has 0 unspecified atom stereocenters. The second-order valence-corrected chi connectivity index (χ2v) is 7.41. The minimum atomic E-state index is -0.562. The zero-order valence-electron chi connectivity index (χ0n) is 18.0. The molecular weight excluding hydrogens is 420 g/mol. The summed E-state index contributed by atoms with van der Waals surface area (Å²) in [6.07, 6.45) is 1.24. The lowest BCUT2D eigenvalue weighted by molar-refractivity contribution is 0.0471. The molecule has 4 aromatic rings. The predicted octanol–water partition coefficient (Wildman–Crippen LogP) is 5.26. The van der Waals surface area contributed by atoms with Crippen LogP contribution in [0.5, 0.6) is 11.5 Å². The van der Waals surface area contributed by atoms with Crippen molar-refractivity contribution in [1.82, 2.24) is 0 Å². The number of benzene rings is 3. The fourth-order valence-corrected chi connectivity index (χ4v) is 3.36. The van der Waals surface area contributed by atoms with E-state index in [9.17, 15) is 14.7 Å². The molecule has 0 radical (unpaired) electrons. The van der Waals surface area contributed by atoms with Crippen LogP contribution < -0.4 is 10.2 Å². The topological polar surface area (TPSA) is 86.0 Å². The fraction of sp³-hybridized carbons (Fsp3) is 0.111. The number of phenols is 1. The SMILES string of the molecule is Cc1c(C(=O)OCc2ccccc2)ccc(-c2occc(=O)c2OCc2ccccc2)c1O. The van der Waals surface area contributed by atoms with Crippen LogP contribution in [0.2, 0.25) is 0 Å². The van der Waals surface area contributed by atoms with E-state index in [1.54, 1.807) is 6.92 Å². The monoisotopic (exact) mass is 442 g/mol. The third kappa shape index (κ3) is 4.96. The van der Waals surface area contributed by atoms with E-state index in [2.05, 4.69) is 0 Å². The lowest BCUT2D eigenvalue weighted by atomic mass is 10.0. The van der Waals surface area contributed by atoms with E-state index >= 15 is 0 Å². The molecule has 0 aliphatic rings. The average Bonchev–Trinajstić information content (AvgIpc) is 2.85. The van der Waals surface area contributed by atoms with Gasteiger partial charge in [0.05, 0.1) is 17.4 Å². The summed E-state index contributed by atoms with van der Waals surface area (Å²) in [7, 11) is 0. The third-order valence-electron chi connectivity index (χ3n) is 5.17. The van der Waals surface area contributed by atoms with Gasteiger partial charge in [-0.3, -0.25) is 4.79 Å². The summed E-state index contributed by atoms with van der Waals surface area (Å²) in [5.74, 6) is -0.685. The van der Waals surface area contributed by atoms with Crippen molar-refractivity contribution in [3.8, 4) is 22.8 Å². The van der Waals surface area contributed by atoms with Crippen molar-refractivity contribution in [2.45, 2.75) is 20.1 Å². The molecule has 0 spiro atoms. The highest BCUT2D eigenvalue weighted by molar-refractivity contribution is 5.93. The van der Waals surface area contributed by atoms with Gasteiger partial charge in [0, 0.05) is 11.6 Å². The number of carbonyl (C=O) groups excluding carboxylic acids is 1. The van der Waals surface area contributed by atoms with Crippen LogP contribution in [0.3, 0.4) is 0 Å². The van der Waals surface area contributed by atoms with Gasteiger partial charge < -0.3 is 19.0 Å². The van der Waals surface area contributed by atoms with Gasteiger partial charge in [-0.25, -0.2) is 4.79 Å². The van der Waals surface area contributed by atoms with Crippen LogP contribution in [0.1, 0.15) is 27.0 Å². The molecule has 0 bridgehead atoms. The molecule has 6 nitrogen and oxygen atoms in total. The highest BCUT2D eigenvalue weighted by atomic mass is 16.5. The fourth-order valence-electron chi connectivity index (χ4n) is 3.36. The van der Waals surface area contributed by atoms with Gasteiger partial charge in [0.1, 0.15) is 19.0 Å². The Balaban J connectivity index is 1.60. The zero-order valence-corrected chi connectivity index (χ0v) is 18.0. The maximum Gasteiger partial charge on any atom is 0.338 e. The molecule has 3 aromatic carbocycles. The largest absolute Gasteiger partial charge is 0.507 e. The molecule has 166 valence electrons. The Morgan fingerprint density at radius 1 is 0.879 bits per heavy atom. The first-order chi connectivity index (χ1) is 16.0. The van der Waals surface area contributed by atoms with Gasteiger partial charge >= 0.3 is 5.97 Å². The van der Waals surface area contributed by atoms with Crippen molar-refractivity contribution < 1.29 is 23.8 Å². The molecule has 0 saturated carbocycles. The molecule has 4 rings (SSSR count). The maximum absolute atomic E-state index is 12.6. The van der Waals surface area contributed by atoms with E-state index in [4.69, 9.17) is 13.9 Å². The van der Waals surface area contributed by atoms with Gasteiger partial charge in [-0.05, 0) is 30.2 Å². The third-order valence-corrected chi connectivity index (χ3v) is 5.17. The van der Waals surface area contributed by atoms with Crippen LogP contribution in [-0.4, -0.2) is 11.1 Å². The lowest BCUT2D eigenvalue weighted by Gasteiger charge is -2.14. The number of phenolic OH excluding ortho intramolecular Hbond substituents is 1. The van der Waals surface area contributed by atoms with Crippen molar-refractivity contribution in [3.63, 3.8) is 0 Å². The summed E-state index contributed by atoms with van der Waals surface area (Å²) >= 11 is 0. The minimum absolute atomic E-state index is 0.0181. The standard InChI is InChI=1S/C27H22O6/c1-18-21(27(30)33-17-20-10-6-3-7-11-20)12-13-22(24(18)29)25-26(23(28)14-15-31-25)32-16-19-8-4-2-5-9-19/h2-15,29H,16-17H2,1H3. The summed E-state index contributed by atoms with van der Waals surface area (Å²) in [5.41, 5.74) is 2.13. The summed E-state index contributed by atoms with van der Waals surface area (Å²) in [6, 6.07) is 23.0. The number of rotatable bonds is 7. The molecule has 0 aliphatic carbocycles. The van der Waals surface area contributed by atoms with Gasteiger partial charge in [-0.1, -0.05) is 60.7 Å². The molecule has 0 aliphatic heterocycles. The first-order valence-corrected chi connectivity index (χ1v) is 10.4. The van der Waals surface area contributed by atoms with Gasteiger partial charge in [0.25, 0.3) is 0 Å². The number of carbonyl (C=O) groups is 1. The number of aromatic hydroxyl groups is 1. The van der Waals surface area contributed by atoms with Crippen LogP contribution in [-0.2, 0) is 18.0 Å². The number of hydrogen-bond donors (Lipinski definition) is 1. The molecule has 1 heterocycles. The van der Waals surface area contributed by atoms with Crippen LogP contribution >= 0.6 is 0 Å². The second kappa shape index (κ2) is 9.87. The first kappa shape index (κ1) is 21.9. The molecule has 1 N–H and O–H groups in total. The van der Waals surface area contributed by atoms with Crippen LogP contribution in [0.4, 0.5) is 0 Å². The minimum Gasteiger partial charge on any atom is -0.507 e. The van der Waals surface area contributed by atoms with Crippen molar-refractivity contribution >= 4 is 5.97 Å². The molecule has 0 atom stereocenters. The van der Waals surface area contributed by atoms with E-state index < -0.39 is 5.97 Å². The maximum atomic E-state index is 12.6. The summed E-state index contributed by atoms with van der Waals surface area (Å²) < 4.78 is 16.7. The summed E-state index contributed by atoms with van der Waals surface area (Å²) in [4.78, 5) is 25.1. The van der Waals surface area contributed by atoms with Crippen LogP contribution in [0, 0.1) is 6.92 Å². The Morgan fingerprint density at radius 3 is 2.18 bits per heavy atom. The Morgan fingerprint density at radius 2 is 1.52 bits per heavy atom. The van der Waals surface area contributed by atoms with E-state index in [-0.39, 0.29) is 47.0 Å². The molecule has 0 saturated heterocycles. The molecule has 6 heteroatoms. The zero-order chi connectivity index (χ0) is 23.2. The molecule has 1 aromatic heterocycles. The molecule has 0 amide bonds. The number of esters is 1. The van der Waals surface area contributed by atoms with Crippen molar-refractivity contribution in [2.75, 3.05) is 0 Å².